The van der Waals surface area contributed by atoms with Crippen LogP contribution < -0.4 is 25.2 Å². The number of halogens is 3. The summed E-state index contributed by atoms with van der Waals surface area (Å²) < 4.78 is 46.6. The molecule has 0 radical (unpaired) electrons. The van der Waals surface area contributed by atoms with E-state index in [2.05, 4.69) is 15.6 Å². The molecule has 7 nitrogen and oxygen atoms in total. The smallest absolute Gasteiger partial charge is 0.433 e. The maximum absolute atomic E-state index is 13.8. The molecule has 0 spiro atoms. The summed E-state index contributed by atoms with van der Waals surface area (Å²) in [6.07, 6.45) is -1.69. The van der Waals surface area contributed by atoms with Crippen LogP contribution in [0.5, 0.6) is 5.75 Å². The highest BCUT2D eigenvalue weighted by Gasteiger charge is 2.34. The van der Waals surface area contributed by atoms with Crippen LogP contribution in [-0.4, -0.2) is 51.2 Å². The lowest BCUT2D eigenvalue weighted by Gasteiger charge is -2.31. The van der Waals surface area contributed by atoms with E-state index in [1.807, 2.05) is 85.5 Å². The van der Waals surface area contributed by atoms with Crippen molar-refractivity contribution in [3.63, 3.8) is 0 Å². The topological polar surface area (TPSA) is 69.7 Å². The van der Waals surface area contributed by atoms with Crippen molar-refractivity contribution in [3.05, 3.63) is 89.6 Å². The van der Waals surface area contributed by atoms with Gasteiger partial charge in [0.2, 0.25) is 0 Å². The van der Waals surface area contributed by atoms with Gasteiger partial charge in [0.05, 0.1) is 12.6 Å². The number of pyridine rings is 1. The number of alkyl halides is 3. The van der Waals surface area contributed by atoms with Gasteiger partial charge in [-0.15, -0.1) is 0 Å². The molecule has 4 aromatic rings. The van der Waals surface area contributed by atoms with E-state index < -0.39 is 11.9 Å². The summed E-state index contributed by atoms with van der Waals surface area (Å²) in [7, 11) is 7.46. The number of carbonyl (C=O) groups excluding carboxylic acids is 1. The maximum atomic E-state index is 13.8. The van der Waals surface area contributed by atoms with Gasteiger partial charge in [0, 0.05) is 67.8 Å². The van der Waals surface area contributed by atoms with Crippen molar-refractivity contribution in [1.82, 2.24) is 10.3 Å². The van der Waals surface area contributed by atoms with Gasteiger partial charge in [0.15, 0.2) is 0 Å². The summed E-state index contributed by atoms with van der Waals surface area (Å²) in [6, 6.07) is 21.6. The van der Waals surface area contributed by atoms with E-state index >= 15 is 0 Å². The minimum absolute atomic E-state index is 0.00667. The van der Waals surface area contributed by atoms with Crippen molar-refractivity contribution in [2.24, 2.45) is 0 Å². The lowest BCUT2D eigenvalue weighted by molar-refractivity contribution is -0.140. The highest BCUT2D eigenvalue weighted by Crippen LogP contribution is 2.36. The molecule has 0 saturated heterocycles. The molecule has 0 atom stereocenters. The quantitative estimate of drug-likeness (QED) is 0.212. The zero-order chi connectivity index (χ0) is 31.4. The molecule has 5 rings (SSSR count). The monoisotopic (exact) mass is 605 g/mol. The van der Waals surface area contributed by atoms with Crippen molar-refractivity contribution in [2.75, 3.05) is 43.4 Å². The van der Waals surface area contributed by atoms with E-state index in [4.69, 9.17) is 4.74 Å². The summed E-state index contributed by atoms with van der Waals surface area (Å²) in [5, 5.41) is 7.15. The zero-order valence-electron chi connectivity index (χ0n) is 25.4. The Kier molecular flexibility index (Phi) is 9.17. The second-order valence-electron chi connectivity index (χ2n) is 11.6. The van der Waals surface area contributed by atoms with E-state index in [1.54, 1.807) is 19.2 Å². The van der Waals surface area contributed by atoms with Crippen molar-refractivity contribution in [2.45, 2.75) is 50.5 Å². The van der Waals surface area contributed by atoms with Crippen molar-refractivity contribution < 1.29 is 22.7 Å². The summed E-state index contributed by atoms with van der Waals surface area (Å²) in [6.45, 7) is 0.613. The number of amides is 1. The second kappa shape index (κ2) is 13.0. The Balaban J connectivity index is 1.29. The molecular formula is C34H38F3N5O2. The lowest BCUT2D eigenvalue weighted by atomic mass is 9.90. The normalized spacial score (nSPS) is 16.8. The van der Waals surface area contributed by atoms with Crippen molar-refractivity contribution >= 4 is 33.9 Å². The van der Waals surface area contributed by atoms with Crippen LogP contribution >= 0.6 is 0 Å². The van der Waals surface area contributed by atoms with Gasteiger partial charge in [-0.25, -0.2) is 4.98 Å². The molecule has 1 aliphatic rings. The Morgan fingerprint density at radius 1 is 0.886 bits per heavy atom. The van der Waals surface area contributed by atoms with Gasteiger partial charge in [-0.3, -0.25) is 4.79 Å². The molecule has 1 amide bonds. The van der Waals surface area contributed by atoms with E-state index in [0.717, 1.165) is 41.6 Å². The van der Waals surface area contributed by atoms with E-state index in [1.165, 1.54) is 0 Å². The van der Waals surface area contributed by atoms with Crippen LogP contribution in [0.3, 0.4) is 0 Å². The largest absolute Gasteiger partial charge is 0.497 e. The molecule has 0 bridgehead atoms. The molecule has 2 N–H and O–H groups in total. The predicted octanol–water partition coefficient (Wildman–Crippen LogP) is 7.12. The number of aromatic nitrogens is 1. The fourth-order valence-electron chi connectivity index (χ4n) is 5.59. The summed E-state index contributed by atoms with van der Waals surface area (Å²) in [5.41, 5.74) is 3.33. The number of rotatable bonds is 9. The molecular weight excluding hydrogens is 567 g/mol. The van der Waals surface area contributed by atoms with Crippen LogP contribution in [0.15, 0.2) is 72.8 Å². The van der Waals surface area contributed by atoms with Gasteiger partial charge < -0.3 is 25.2 Å². The number of nitrogens with zero attached hydrogens (tertiary/aromatic N) is 3. The van der Waals surface area contributed by atoms with Gasteiger partial charge in [-0.1, -0.05) is 12.1 Å². The number of methoxy groups -OCH3 is 1. The molecule has 232 valence electrons. The van der Waals surface area contributed by atoms with Crippen LogP contribution in [0.1, 0.15) is 47.3 Å². The molecule has 1 heterocycles. The fraction of sp³-hybridized carbons (Fsp3) is 0.353. The number of fused-ring (bicyclic) bond motifs is 1. The summed E-state index contributed by atoms with van der Waals surface area (Å²) in [4.78, 5) is 20.8. The Morgan fingerprint density at radius 3 is 2.14 bits per heavy atom. The van der Waals surface area contributed by atoms with E-state index in [-0.39, 0.29) is 23.5 Å². The third kappa shape index (κ3) is 7.35. The Bertz CT molecular complexity index is 1580. The summed E-state index contributed by atoms with van der Waals surface area (Å²) >= 11 is 0. The Hall–Kier alpha value is -4.47. The first-order valence-corrected chi connectivity index (χ1v) is 14.7. The number of nitrogens with one attached hydrogen (secondary N) is 2. The van der Waals surface area contributed by atoms with E-state index in [0.29, 0.717) is 36.0 Å². The molecule has 1 aromatic heterocycles. The molecule has 44 heavy (non-hydrogen) atoms. The Morgan fingerprint density at radius 2 is 1.52 bits per heavy atom. The molecule has 0 unspecified atom stereocenters. The molecule has 0 aliphatic heterocycles. The van der Waals surface area contributed by atoms with Crippen LogP contribution in [0.4, 0.5) is 30.2 Å². The van der Waals surface area contributed by atoms with Gasteiger partial charge in [-0.05, 0) is 91.9 Å². The second-order valence-corrected chi connectivity index (χ2v) is 11.6. The van der Waals surface area contributed by atoms with Crippen LogP contribution in [0.2, 0.25) is 0 Å². The number of carbonyl (C=O) groups is 1. The lowest BCUT2D eigenvalue weighted by Crippen LogP contribution is -2.40. The number of ether oxygens (including phenoxy) is 1. The third-order valence-electron chi connectivity index (χ3n) is 8.17. The SMILES string of the molecule is COc1ccc(CN(C)c2ccc3nc(C(F)(F)F)cc(NC4CCC(NC(=O)c5ccc(N(C)C)cc5)CC4)c3c2)cc1. The molecule has 3 aromatic carbocycles. The van der Waals surface area contributed by atoms with Gasteiger partial charge in [0.25, 0.3) is 5.91 Å². The highest BCUT2D eigenvalue weighted by molar-refractivity contribution is 5.95. The number of benzene rings is 3. The van der Waals surface area contributed by atoms with Crippen molar-refractivity contribution in [3.8, 4) is 5.75 Å². The average molecular weight is 606 g/mol. The molecule has 1 saturated carbocycles. The third-order valence-corrected chi connectivity index (χ3v) is 8.17. The minimum Gasteiger partial charge on any atom is -0.497 e. The number of hydrogen-bond donors (Lipinski definition) is 2. The Labute approximate surface area is 256 Å². The van der Waals surface area contributed by atoms with Crippen molar-refractivity contribution in [1.29, 1.82) is 0 Å². The first kappa shape index (κ1) is 31.0. The first-order valence-electron chi connectivity index (χ1n) is 14.7. The number of hydrogen-bond acceptors (Lipinski definition) is 6. The minimum atomic E-state index is -4.57. The molecule has 1 fully saturated rings. The average Bonchev–Trinajstić information content (AvgIpc) is 3.01. The van der Waals surface area contributed by atoms with Gasteiger partial charge in [0.1, 0.15) is 11.4 Å². The zero-order valence-corrected chi connectivity index (χ0v) is 25.4. The molecule has 1 aliphatic carbocycles. The summed E-state index contributed by atoms with van der Waals surface area (Å²) in [5.74, 6) is 0.656. The van der Waals surface area contributed by atoms with Crippen LogP contribution in [0.25, 0.3) is 10.9 Å². The predicted molar refractivity (Wildman–Crippen MR) is 170 cm³/mol. The van der Waals surface area contributed by atoms with Crippen LogP contribution in [-0.2, 0) is 12.7 Å². The van der Waals surface area contributed by atoms with E-state index in [9.17, 15) is 18.0 Å². The number of anilines is 3. The highest BCUT2D eigenvalue weighted by atomic mass is 19.4. The maximum Gasteiger partial charge on any atom is 0.433 e. The fourth-order valence-corrected chi connectivity index (χ4v) is 5.59. The van der Waals surface area contributed by atoms with Crippen LogP contribution in [0, 0.1) is 0 Å². The van der Waals surface area contributed by atoms with Gasteiger partial charge >= 0.3 is 6.18 Å². The first-order chi connectivity index (χ1) is 21.0. The standard InChI is InChI=1S/C34H38F3N5O2/c1-41(2)26-13-7-23(8-14-26)33(43)39-25-11-9-24(10-12-25)38-31-20-32(34(35,36)37)40-30-18-15-27(19-29(30)31)42(3)21-22-5-16-28(44-4)17-6-22/h5-8,13-20,24-25H,9-12,21H2,1-4H3,(H,38,40)(H,39,43). The van der Waals surface area contributed by atoms with Gasteiger partial charge in [-0.2, -0.15) is 13.2 Å². The molecule has 10 heteroatoms.